The van der Waals surface area contributed by atoms with Crippen molar-refractivity contribution >= 4 is 29.1 Å². The molecule has 6 N–H and O–H groups in total. The lowest BCUT2D eigenvalue weighted by Gasteiger charge is -2.30. The van der Waals surface area contributed by atoms with Crippen LogP contribution < -0.4 is 0 Å². The van der Waals surface area contributed by atoms with E-state index in [0.29, 0.717) is 0 Å². The maximum Gasteiger partial charge on any atom is 0.256 e. The van der Waals surface area contributed by atoms with Crippen molar-refractivity contribution in [2.45, 2.75) is 29.3 Å². The molecule has 0 fully saturated rings. The van der Waals surface area contributed by atoms with Gasteiger partial charge in [0.05, 0.1) is 13.2 Å². The van der Waals surface area contributed by atoms with E-state index in [0.717, 1.165) is 4.90 Å². The first-order chi connectivity index (χ1) is 9.26. The van der Waals surface area contributed by atoms with Gasteiger partial charge in [-0.3, -0.25) is 4.79 Å². The van der Waals surface area contributed by atoms with E-state index in [9.17, 15) is 20.1 Å². The van der Waals surface area contributed by atoms with Gasteiger partial charge in [-0.15, -0.1) is 0 Å². The van der Waals surface area contributed by atoms with Gasteiger partial charge in [0, 0.05) is 13.1 Å². The SMILES string of the molecule is O=C(C(Cl)Cl)N(CCO)C[C@H](O)[C@@H](O)[C@H](O)[C@H](O)CO. The molecule has 4 atom stereocenters. The molecule has 0 aliphatic rings. The number of hydrogen-bond acceptors (Lipinski definition) is 7. The molecule has 0 saturated carbocycles. The van der Waals surface area contributed by atoms with E-state index in [-0.39, 0.29) is 6.54 Å². The predicted octanol–water partition coefficient (Wildman–Crippen LogP) is -2.95. The molecule has 8 nitrogen and oxygen atoms in total. The summed E-state index contributed by atoms with van der Waals surface area (Å²) >= 11 is 10.8. The third-order valence-electron chi connectivity index (χ3n) is 2.60. The summed E-state index contributed by atoms with van der Waals surface area (Å²) < 4.78 is 0. The lowest BCUT2D eigenvalue weighted by atomic mass is 10.0. The van der Waals surface area contributed by atoms with Gasteiger partial charge in [-0.05, 0) is 0 Å². The van der Waals surface area contributed by atoms with Gasteiger partial charge >= 0.3 is 0 Å². The van der Waals surface area contributed by atoms with Crippen molar-refractivity contribution in [3.05, 3.63) is 0 Å². The fraction of sp³-hybridized carbons (Fsp3) is 0.900. The summed E-state index contributed by atoms with van der Waals surface area (Å²) in [6.45, 7) is -1.88. The summed E-state index contributed by atoms with van der Waals surface area (Å²) in [7, 11) is 0. The fourth-order valence-corrected chi connectivity index (χ4v) is 1.72. The molecule has 10 heteroatoms. The highest BCUT2D eigenvalue weighted by atomic mass is 35.5. The molecule has 0 bridgehead atoms. The van der Waals surface area contributed by atoms with Crippen molar-refractivity contribution in [2.24, 2.45) is 0 Å². The van der Waals surface area contributed by atoms with E-state index >= 15 is 0 Å². The number of hydrogen-bond donors (Lipinski definition) is 6. The number of alkyl halides is 2. The number of nitrogens with zero attached hydrogens (tertiary/aromatic N) is 1. The van der Waals surface area contributed by atoms with Crippen LogP contribution in [-0.2, 0) is 4.79 Å². The van der Waals surface area contributed by atoms with Crippen LogP contribution in [0.2, 0.25) is 0 Å². The van der Waals surface area contributed by atoms with Gasteiger partial charge in [-0.1, -0.05) is 23.2 Å². The first kappa shape index (κ1) is 19.8. The molecule has 0 spiro atoms. The molecular weight excluding hydrogens is 317 g/mol. The smallest absolute Gasteiger partial charge is 0.256 e. The molecule has 0 aliphatic heterocycles. The second-order valence-electron chi connectivity index (χ2n) is 4.11. The summed E-state index contributed by atoms with van der Waals surface area (Å²) in [5, 5.41) is 55.3. The second-order valence-corrected chi connectivity index (χ2v) is 5.20. The topological polar surface area (TPSA) is 142 Å². The zero-order valence-corrected chi connectivity index (χ0v) is 12.0. The summed E-state index contributed by atoms with van der Waals surface area (Å²) in [5.41, 5.74) is 0. The summed E-state index contributed by atoms with van der Waals surface area (Å²) in [6.07, 6.45) is -6.89. The Bertz CT molecular complexity index is 295. The van der Waals surface area contributed by atoms with Crippen LogP contribution in [0.15, 0.2) is 0 Å². The van der Waals surface area contributed by atoms with Crippen molar-refractivity contribution in [2.75, 3.05) is 26.3 Å². The third-order valence-corrected chi connectivity index (χ3v) is 2.97. The Morgan fingerprint density at radius 2 is 1.50 bits per heavy atom. The number of halogens is 2. The molecule has 0 rings (SSSR count). The Hall–Kier alpha value is -0.190. The average molecular weight is 336 g/mol. The largest absolute Gasteiger partial charge is 0.395 e. The number of aliphatic hydroxyl groups is 6. The first-order valence-corrected chi connectivity index (χ1v) is 6.64. The van der Waals surface area contributed by atoms with Crippen LogP contribution in [0.1, 0.15) is 0 Å². The van der Waals surface area contributed by atoms with Gasteiger partial charge in [0.2, 0.25) is 0 Å². The van der Waals surface area contributed by atoms with Crippen LogP contribution in [0.4, 0.5) is 0 Å². The highest BCUT2D eigenvalue weighted by Crippen LogP contribution is 2.11. The monoisotopic (exact) mass is 335 g/mol. The van der Waals surface area contributed by atoms with Gasteiger partial charge in [-0.25, -0.2) is 0 Å². The number of aliphatic hydroxyl groups excluding tert-OH is 6. The maximum absolute atomic E-state index is 11.6. The van der Waals surface area contributed by atoms with E-state index in [2.05, 4.69) is 0 Å². The molecule has 1 amide bonds. The van der Waals surface area contributed by atoms with E-state index < -0.39 is 54.9 Å². The van der Waals surface area contributed by atoms with Crippen LogP contribution in [0.5, 0.6) is 0 Å². The molecule has 0 saturated heterocycles. The van der Waals surface area contributed by atoms with Gasteiger partial charge in [0.15, 0.2) is 4.84 Å². The van der Waals surface area contributed by atoms with Crippen molar-refractivity contribution in [3.8, 4) is 0 Å². The van der Waals surface area contributed by atoms with Crippen LogP contribution in [-0.4, -0.2) is 97.0 Å². The molecular formula is C10H19Cl2NO7. The molecule has 0 heterocycles. The van der Waals surface area contributed by atoms with Crippen LogP contribution in [0.25, 0.3) is 0 Å². The Morgan fingerprint density at radius 1 is 1.00 bits per heavy atom. The highest BCUT2D eigenvalue weighted by Gasteiger charge is 2.32. The molecule has 20 heavy (non-hydrogen) atoms. The van der Waals surface area contributed by atoms with Crippen molar-refractivity contribution in [3.63, 3.8) is 0 Å². The normalized spacial score (nSPS) is 17.6. The maximum atomic E-state index is 11.6. The number of rotatable bonds is 9. The number of carbonyl (C=O) groups excluding carboxylic acids is 1. The zero-order chi connectivity index (χ0) is 15.9. The minimum Gasteiger partial charge on any atom is -0.395 e. The van der Waals surface area contributed by atoms with E-state index in [1.54, 1.807) is 0 Å². The predicted molar refractivity (Wildman–Crippen MR) is 70.3 cm³/mol. The molecule has 0 aromatic heterocycles. The summed E-state index contributed by atoms with van der Waals surface area (Å²) in [4.78, 5) is 11.1. The average Bonchev–Trinajstić information content (AvgIpc) is 2.43. The Morgan fingerprint density at radius 3 is 1.90 bits per heavy atom. The van der Waals surface area contributed by atoms with E-state index in [1.807, 2.05) is 0 Å². The Kier molecular flexibility index (Phi) is 9.60. The Labute approximate surface area is 125 Å². The van der Waals surface area contributed by atoms with Gasteiger partial charge in [-0.2, -0.15) is 0 Å². The quantitative estimate of drug-likeness (QED) is 0.247. The van der Waals surface area contributed by atoms with Gasteiger partial charge < -0.3 is 35.5 Å². The van der Waals surface area contributed by atoms with E-state index in [1.165, 1.54) is 0 Å². The summed E-state index contributed by atoms with van der Waals surface area (Å²) in [6, 6.07) is 0. The lowest BCUT2D eigenvalue weighted by Crippen LogP contribution is -2.51. The zero-order valence-electron chi connectivity index (χ0n) is 10.5. The number of carbonyl (C=O) groups is 1. The molecule has 0 aromatic rings. The van der Waals surface area contributed by atoms with Gasteiger partial charge in [0.1, 0.15) is 24.4 Å². The molecule has 0 aliphatic carbocycles. The second kappa shape index (κ2) is 9.69. The van der Waals surface area contributed by atoms with Crippen molar-refractivity contribution < 1.29 is 35.4 Å². The lowest BCUT2D eigenvalue weighted by molar-refractivity contribution is -0.138. The van der Waals surface area contributed by atoms with E-state index in [4.69, 9.17) is 38.5 Å². The molecule has 0 unspecified atom stereocenters. The minimum absolute atomic E-state index is 0.183. The van der Waals surface area contributed by atoms with Crippen molar-refractivity contribution in [1.29, 1.82) is 0 Å². The van der Waals surface area contributed by atoms with Gasteiger partial charge in [0.25, 0.3) is 5.91 Å². The van der Waals surface area contributed by atoms with Crippen LogP contribution in [0, 0.1) is 0 Å². The van der Waals surface area contributed by atoms with Crippen molar-refractivity contribution in [1.82, 2.24) is 4.90 Å². The summed E-state index contributed by atoms with van der Waals surface area (Å²) in [5.74, 6) is -0.786. The third kappa shape index (κ3) is 6.06. The molecule has 0 radical (unpaired) electrons. The van der Waals surface area contributed by atoms with Crippen LogP contribution >= 0.6 is 23.2 Å². The minimum atomic E-state index is -1.81. The molecule has 120 valence electrons. The fourth-order valence-electron chi connectivity index (χ4n) is 1.45. The first-order valence-electron chi connectivity index (χ1n) is 5.77. The number of amides is 1. The molecule has 0 aromatic carbocycles. The Balaban J connectivity index is 4.66. The standard InChI is InChI=1S/C10H19Cl2NO7/c11-9(12)10(20)13(1-2-14)3-5(16)7(18)8(19)6(17)4-15/h5-9,14-19H,1-4H2/t5-,6+,7+,8+/m0/s1. The highest BCUT2D eigenvalue weighted by molar-refractivity contribution is 6.53. The van der Waals surface area contributed by atoms with Crippen LogP contribution in [0.3, 0.4) is 0 Å².